The first kappa shape index (κ1) is 11.8. The van der Waals surface area contributed by atoms with Crippen molar-refractivity contribution < 1.29 is 14.3 Å². The van der Waals surface area contributed by atoms with E-state index in [-0.39, 0.29) is 5.78 Å². The zero-order valence-electron chi connectivity index (χ0n) is 9.84. The lowest BCUT2D eigenvalue weighted by Crippen LogP contribution is -2.35. The van der Waals surface area contributed by atoms with Crippen LogP contribution in [0.5, 0.6) is 0 Å². The molecule has 3 nitrogen and oxygen atoms in total. The molecule has 0 saturated carbocycles. The summed E-state index contributed by atoms with van der Waals surface area (Å²) in [6.45, 7) is 0. The molecule has 0 spiro atoms. The number of methoxy groups -OCH3 is 2. The number of carbonyl (C=O) groups is 1. The molecule has 17 heavy (non-hydrogen) atoms. The highest BCUT2D eigenvalue weighted by molar-refractivity contribution is 6.07. The SMILES string of the molecule is COC1(OC)C=CC(=O)C=C1c1ccccc1. The van der Waals surface area contributed by atoms with Gasteiger partial charge < -0.3 is 9.47 Å². The Balaban J connectivity index is 2.51. The van der Waals surface area contributed by atoms with Crippen LogP contribution in [0.1, 0.15) is 5.56 Å². The Kier molecular flexibility index (Phi) is 3.22. The normalized spacial score (nSPS) is 18.0. The average molecular weight is 230 g/mol. The molecule has 1 aliphatic carbocycles. The molecule has 3 heteroatoms. The van der Waals surface area contributed by atoms with Crippen LogP contribution in [-0.2, 0) is 14.3 Å². The monoisotopic (exact) mass is 230 g/mol. The topological polar surface area (TPSA) is 35.5 Å². The Morgan fingerprint density at radius 1 is 1.06 bits per heavy atom. The van der Waals surface area contributed by atoms with Gasteiger partial charge in [-0.15, -0.1) is 0 Å². The van der Waals surface area contributed by atoms with E-state index in [4.69, 9.17) is 9.47 Å². The van der Waals surface area contributed by atoms with E-state index in [9.17, 15) is 4.79 Å². The van der Waals surface area contributed by atoms with Crippen molar-refractivity contribution in [1.82, 2.24) is 0 Å². The predicted octanol–water partition coefficient (Wildman–Crippen LogP) is 2.20. The second-order valence-corrected chi connectivity index (χ2v) is 3.74. The zero-order valence-corrected chi connectivity index (χ0v) is 9.84. The van der Waals surface area contributed by atoms with Crippen LogP contribution in [0.15, 0.2) is 48.6 Å². The lowest BCUT2D eigenvalue weighted by atomic mass is 9.92. The van der Waals surface area contributed by atoms with Crippen molar-refractivity contribution >= 4 is 11.4 Å². The second kappa shape index (κ2) is 4.65. The summed E-state index contributed by atoms with van der Waals surface area (Å²) in [6.07, 6.45) is 4.64. The van der Waals surface area contributed by atoms with E-state index >= 15 is 0 Å². The Morgan fingerprint density at radius 3 is 2.29 bits per heavy atom. The van der Waals surface area contributed by atoms with E-state index in [0.717, 1.165) is 11.1 Å². The van der Waals surface area contributed by atoms with Crippen LogP contribution >= 0.6 is 0 Å². The molecule has 0 aromatic heterocycles. The van der Waals surface area contributed by atoms with E-state index in [1.54, 1.807) is 26.4 Å². The minimum atomic E-state index is -0.977. The molecule has 0 atom stereocenters. The minimum absolute atomic E-state index is 0.0615. The maximum atomic E-state index is 11.5. The second-order valence-electron chi connectivity index (χ2n) is 3.74. The quantitative estimate of drug-likeness (QED) is 0.747. The van der Waals surface area contributed by atoms with Gasteiger partial charge in [-0.3, -0.25) is 4.79 Å². The molecule has 0 saturated heterocycles. The van der Waals surface area contributed by atoms with E-state index in [2.05, 4.69) is 0 Å². The van der Waals surface area contributed by atoms with Gasteiger partial charge in [0, 0.05) is 19.8 Å². The van der Waals surface area contributed by atoms with Crippen molar-refractivity contribution in [2.24, 2.45) is 0 Å². The molecular formula is C14H14O3. The molecule has 1 aliphatic rings. The maximum Gasteiger partial charge on any atom is 0.215 e. The molecule has 0 bridgehead atoms. The number of ether oxygens (including phenoxy) is 2. The molecule has 1 aromatic carbocycles. The molecule has 0 aliphatic heterocycles. The summed E-state index contributed by atoms with van der Waals surface area (Å²) in [5, 5.41) is 0. The number of hydrogen-bond donors (Lipinski definition) is 0. The Hall–Kier alpha value is -1.71. The lowest BCUT2D eigenvalue weighted by molar-refractivity contribution is -0.128. The molecule has 88 valence electrons. The number of benzene rings is 1. The Bertz CT molecular complexity index is 468. The zero-order chi connectivity index (χ0) is 12.3. The molecule has 2 rings (SSSR count). The van der Waals surface area contributed by atoms with Gasteiger partial charge in [0.05, 0.1) is 0 Å². The van der Waals surface area contributed by atoms with Gasteiger partial charge >= 0.3 is 0 Å². The predicted molar refractivity (Wildman–Crippen MR) is 65.3 cm³/mol. The van der Waals surface area contributed by atoms with Gasteiger partial charge in [-0.1, -0.05) is 30.3 Å². The first-order chi connectivity index (χ1) is 8.22. The van der Waals surface area contributed by atoms with Crippen LogP contribution in [-0.4, -0.2) is 25.8 Å². The third kappa shape index (κ3) is 2.07. The fourth-order valence-electron chi connectivity index (χ4n) is 1.91. The van der Waals surface area contributed by atoms with Gasteiger partial charge in [0.1, 0.15) is 0 Å². The van der Waals surface area contributed by atoms with Gasteiger partial charge in [0.15, 0.2) is 5.78 Å². The number of hydrogen-bond acceptors (Lipinski definition) is 3. The highest BCUT2D eigenvalue weighted by Gasteiger charge is 2.35. The molecule has 0 heterocycles. The van der Waals surface area contributed by atoms with Crippen LogP contribution in [0.4, 0.5) is 0 Å². The van der Waals surface area contributed by atoms with Crippen molar-refractivity contribution in [2.75, 3.05) is 14.2 Å². The molecule has 0 N–H and O–H groups in total. The largest absolute Gasteiger partial charge is 0.346 e. The summed E-state index contributed by atoms with van der Waals surface area (Å²) in [5.74, 6) is -1.04. The van der Waals surface area contributed by atoms with Crippen LogP contribution in [0.3, 0.4) is 0 Å². The van der Waals surface area contributed by atoms with Crippen molar-refractivity contribution in [1.29, 1.82) is 0 Å². The molecule has 0 unspecified atom stereocenters. The first-order valence-corrected chi connectivity index (χ1v) is 5.33. The Labute approximate surface area is 100 Å². The smallest absolute Gasteiger partial charge is 0.215 e. The summed E-state index contributed by atoms with van der Waals surface area (Å²) >= 11 is 0. The van der Waals surface area contributed by atoms with Crippen molar-refractivity contribution in [3.05, 3.63) is 54.1 Å². The minimum Gasteiger partial charge on any atom is -0.346 e. The van der Waals surface area contributed by atoms with Gasteiger partial charge in [-0.2, -0.15) is 0 Å². The third-order valence-electron chi connectivity index (χ3n) is 2.82. The average Bonchev–Trinajstić information content (AvgIpc) is 2.40. The number of rotatable bonds is 3. The van der Waals surface area contributed by atoms with E-state index in [1.807, 2.05) is 30.3 Å². The Morgan fingerprint density at radius 2 is 1.71 bits per heavy atom. The van der Waals surface area contributed by atoms with Gasteiger partial charge in [0.25, 0.3) is 0 Å². The van der Waals surface area contributed by atoms with Gasteiger partial charge in [-0.05, 0) is 23.8 Å². The van der Waals surface area contributed by atoms with Crippen LogP contribution in [0, 0.1) is 0 Å². The lowest BCUT2D eigenvalue weighted by Gasteiger charge is -2.32. The fourth-order valence-corrected chi connectivity index (χ4v) is 1.91. The highest BCUT2D eigenvalue weighted by atomic mass is 16.7. The third-order valence-corrected chi connectivity index (χ3v) is 2.82. The van der Waals surface area contributed by atoms with Crippen LogP contribution in [0.25, 0.3) is 5.57 Å². The van der Waals surface area contributed by atoms with Crippen molar-refractivity contribution in [3.63, 3.8) is 0 Å². The molecule has 1 aromatic rings. The molecule has 0 fully saturated rings. The first-order valence-electron chi connectivity index (χ1n) is 5.33. The van der Waals surface area contributed by atoms with E-state index in [1.165, 1.54) is 6.08 Å². The highest BCUT2D eigenvalue weighted by Crippen LogP contribution is 2.34. The van der Waals surface area contributed by atoms with Gasteiger partial charge in [0.2, 0.25) is 5.79 Å². The van der Waals surface area contributed by atoms with Gasteiger partial charge in [-0.25, -0.2) is 0 Å². The fraction of sp³-hybridized carbons (Fsp3) is 0.214. The maximum absolute atomic E-state index is 11.5. The summed E-state index contributed by atoms with van der Waals surface area (Å²) in [6, 6.07) is 9.59. The van der Waals surface area contributed by atoms with E-state index < -0.39 is 5.79 Å². The molecular weight excluding hydrogens is 216 g/mol. The standard InChI is InChI=1S/C14H14O3/c1-16-14(17-2)9-8-12(15)10-13(14)11-6-4-3-5-7-11/h3-10H,1-2H3. The summed E-state index contributed by atoms with van der Waals surface area (Å²) in [4.78, 5) is 11.5. The van der Waals surface area contributed by atoms with Crippen molar-refractivity contribution in [2.45, 2.75) is 5.79 Å². The van der Waals surface area contributed by atoms with Crippen LogP contribution in [0.2, 0.25) is 0 Å². The molecule has 0 radical (unpaired) electrons. The summed E-state index contributed by atoms with van der Waals surface area (Å²) < 4.78 is 10.8. The number of allylic oxidation sites excluding steroid dienone is 2. The summed E-state index contributed by atoms with van der Waals surface area (Å²) in [5.41, 5.74) is 1.63. The van der Waals surface area contributed by atoms with Crippen molar-refractivity contribution in [3.8, 4) is 0 Å². The summed E-state index contributed by atoms with van der Waals surface area (Å²) in [7, 11) is 3.11. The number of ketones is 1. The molecule has 0 amide bonds. The number of carbonyl (C=O) groups excluding carboxylic acids is 1. The van der Waals surface area contributed by atoms with E-state index in [0.29, 0.717) is 0 Å². The van der Waals surface area contributed by atoms with Crippen LogP contribution < -0.4 is 0 Å².